The van der Waals surface area contributed by atoms with Gasteiger partial charge in [0, 0.05) is 11.8 Å². The van der Waals surface area contributed by atoms with Crippen molar-refractivity contribution in [3.05, 3.63) is 12.4 Å². The molecule has 0 rings (SSSR count). The zero-order chi connectivity index (χ0) is 9.02. The molecule has 2 N–H and O–H groups in total. The van der Waals surface area contributed by atoms with Gasteiger partial charge >= 0.3 is 0 Å². The Labute approximate surface area is 66.3 Å². The fourth-order valence-electron chi connectivity index (χ4n) is 1.04. The van der Waals surface area contributed by atoms with Crippen molar-refractivity contribution < 1.29 is 9.18 Å². The van der Waals surface area contributed by atoms with Crippen LogP contribution in [0, 0.1) is 11.8 Å². The van der Waals surface area contributed by atoms with Gasteiger partial charge in [-0.2, -0.15) is 0 Å². The van der Waals surface area contributed by atoms with E-state index in [2.05, 4.69) is 6.58 Å². The Morgan fingerprint density at radius 1 is 1.73 bits per heavy atom. The van der Waals surface area contributed by atoms with Crippen LogP contribution in [-0.4, -0.2) is 5.91 Å². The number of hydrogen-bond donors (Lipinski definition) is 1. The number of rotatable bonds is 4. The molecule has 0 bridgehead atoms. The zero-order valence-corrected chi connectivity index (χ0v) is 6.93. The van der Waals surface area contributed by atoms with E-state index in [1.54, 1.807) is 13.8 Å². The number of halogens is 1. The summed E-state index contributed by atoms with van der Waals surface area (Å²) in [5.41, 5.74) is 5.00. The molecule has 0 heterocycles. The SMILES string of the molecule is C=C(F)C(CC)[C@H](C)C(N)=O. The molecule has 0 aromatic carbocycles. The fraction of sp³-hybridized carbons (Fsp3) is 0.625. The molecule has 0 aromatic rings. The van der Waals surface area contributed by atoms with E-state index in [0.29, 0.717) is 6.42 Å². The number of allylic oxidation sites excluding steroid dienone is 1. The number of amides is 1. The van der Waals surface area contributed by atoms with Crippen molar-refractivity contribution in [3.8, 4) is 0 Å². The van der Waals surface area contributed by atoms with Crippen molar-refractivity contribution in [2.45, 2.75) is 20.3 Å². The second-order valence-corrected chi connectivity index (χ2v) is 2.65. The van der Waals surface area contributed by atoms with Gasteiger partial charge in [0.15, 0.2) is 0 Å². The number of carbonyl (C=O) groups is 1. The molecule has 0 aliphatic heterocycles. The van der Waals surface area contributed by atoms with Gasteiger partial charge in [-0.3, -0.25) is 4.79 Å². The maximum atomic E-state index is 12.6. The van der Waals surface area contributed by atoms with Crippen LogP contribution in [0.15, 0.2) is 12.4 Å². The van der Waals surface area contributed by atoms with Crippen LogP contribution in [0.5, 0.6) is 0 Å². The number of primary amides is 1. The Morgan fingerprint density at radius 2 is 2.18 bits per heavy atom. The monoisotopic (exact) mass is 159 g/mol. The van der Waals surface area contributed by atoms with Gasteiger partial charge in [0.1, 0.15) is 0 Å². The molecule has 0 saturated carbocycles. The highest BCUT2D eigenvalue weighted by molar-refractivity contribution is 5.76. The van der Waals surface area contributed by atoms with Crippen LogP contribution < -0.4 is 5.73 Å². The minimum atomic E-state index is -0.476. The third kappa shape index (κ3) is 2.70. The minimum absolute atomic E-state index is 0.424. The highest BCUT2D eigenvalue weighted by Gasteiger charge is 2.22. The summed E-state index contributed by atoms with van der Waals surface area (Å²) in [6, 6.07) is 0. The normalized spacial score (nSPS) is 15.5. The van der Waals surface area contributed by atoms with Crippen LogP contribution in [0.2, 0.25) is 0 Å². The highest BCUT2D eigenvalue weighted by Crippen LogP contribution is 2.23. The molecular formula is C8H14FNO. The summed E-state index contributed by atoms with van der Waals surface area (Å²) in [5.74, 6) is -1.82. The van der Waals surface area contributed by atoms with E-state index in [4.69, 9.17) is 5.73 Å². The first-order chi connectivity index (χ1) is 5.00. The summed E-state index contributed by atoms with van der Waals surface area (Å²) in [5, 5.41) is 0. The molecule has 0 aliphatic carbocycles. The summed E-state index contributed by atoms with van der Waals surface area (Å²) in [7, 11) is 0. The Hall–Kier alpha value is -0.860. The lowest BCUT2D eigenvalue weighted by atomic mass is 9.90. The smallest absolute Gasteiger partial charge is 0.220 e. The van der Waals surface area contributed by atoms with Gasteiger partial charge in [-0.25, -0.2) is 4.39 Å². The molecule has 0 fully saturated rings. The molecule has 2 nitrogen and oxygen atoms in total. The van der Waals surface area contributed by atoms with E-state index in [0.717, 1.165) is 0 Å². The third-order valence-corrected chi connectivity index (χ3v) is 1.89. The Balaban J connectivity index is 4.25. The van der Waals surface area contributed by atoms with Crippen LogP contribution in [0.4, 0.5) is 4.39 Å². The average Bonchev–Trinajstić information content (AvgIpc) is 1.88. The zero-order valence-electron chi connectivity index (χ0n) is 6.93. The first kappa shape index (κ1) is 10.1. The van der Waals surface area contributed by atoms with Crippen molar-refractivity contribution in [2.24, 2.45) is 17.6 Å². The summed E-state index contributed by atoms with van der Waals surface area (Å²) >= 11 is 0. The third-order valence-electron chi connectivity index (χ3n) is 1.89. The van der Waals surface area contributed by atoms with Crippen LogP contribution in [0.3, 0.4) is 0 Å². The largest absolute Gasteiger partial charge is 0.369 e. The summed E-state index contributed by atoms with van der Waals surface area (Å²) in [6.07, 6.45) is 0.555. The van der Waals surface area contributed by atoms with E-state index in [1.165, 1.54) is 0 Å². The first-order valence-corrected chi connectivity index (χ1v) is 3.64. The minimum Gasteiger partial charge on any atom is -0.369 e. The Morgan fingerprint density at radius 3 is 2.27 bits per heavy atom. The standard InChI is InChI=1S/C8H14FNO/c1-4-7(6(3)9)5(2)8(10)11/h5,7H,3-4H2,1-2H3,(H2,10,11)/t5-,7?/m0/s1. The first-order valence-electron chi connectivity index (χ1n) is 3.64. The Kier molecular flexibility index (Phi) is 3.79. The lowest BCUT2D eigenvalue weighted by Crippen LogP contribution is -2.27. The van der Waals surface area contributed by atoms with E-state index in [-0.39, 0.29) is 0 Å². The molecule has 0 saturated heterocycles. The van der Waals surface area contributed by atoms with Gasteiger partial charge in [-0.1, -0.05) is 20.4 Å². The molecule has 1 unspecified atom stereocenters. The van der Waals surface area contributed by atoms with Gasteiger partial charge in [0.2, 0.25) is 5.91 Å². The van der Waals surface area contributed by atoms with Crippen molar-refractivity contribution in [2.75, 3.05) is 0 Å². The molecular weight excluding hydrogens is 145 g/mol. The van der Waals surface area contributed by atoms with Gasteiger partial charge in [0.05, 0.1) is 5.83 Å². The topological polar surface area (TPSA) is 43.1 Å². The van der Waals surface area contributed by atoms with Crippen LogP contribution in [0.25, 0.3) is 0 Å². The van der Waals surface area contributed by atoms with Crippen molar-refractivity contribution in [1.29, 1.82) is 0 Å². The van der Waals surface area contributed by atoms with Crippen LogP contribution in [0.1, 0.15) is 20.3 Å². The second-order valence-electron chi connectivity index (χ2n) is 2.65. The fourth-order valence-corrected chi connectivity index (χ4v) is 1.04. The maximum Gasteiger partial charge on any atom is 0.220 e. The van der Waals surface area contributed by atoms with Gasteiger partial charge < -0.3 is 5.73 Å². The molecule has 0 spiro atoms. The summed E-state index contributed by atoms with van der Waals surface area (Å²) in [4.78, 5) is 10.6. The van der Waals surface area contributed by atoms with Crippen molar-refractivity contribution >= 4 is 5.91 Å². The number of carbonyl (C=O) groups excluding carboxylic acids is 1. The van der Waals surface area contributed by atoms with Gasteiger partial charge in [-0.15, -0.1) is 0 Å². The molecule has 0 aliphatic rings. The second kappa shape index (κ2) is 4.11. The van der Waals surface area contributed by atoms with E-state index >= 15 is 0 Å². The molecule has 1 amide bonds. The molecule has 11 heavy (non-hydrogen) atoms. The number of nitrogens with two attached hydrogens (primary N) is 1. The van der Waals surface area contributed by atoms with Crippen LogP contribution in [-0.2, 0) is 4.79 Å². The Bertz CT molecular complexity index is 167. The van der Waals surface area contributed by atoms with E-state index in [1.807, 2.05) is 0 Å². The summed E-state index contributed by atoms with van der Waals surface area (Å²) in [6.45, 7) is 6.57. The predicted octanol–water partition coefficient (Wildman–Crippen LogP) is 1.62. The van der Waals surface area contributed by atoms with Gasteiger partial charge in [0.25, 0.3) is 0 Å². The maximum absolute atomic E-state index is 12.6. The molecule has 64 valence electrons. The average molecular weight is 159 g/mol. The van der Waals surface area contributed by atoms with Crippen molar-refractivity contribution in [1.82, 2.24) is 0 Å². The lowest BCUT2D eigenvalue weighted by Gasteiger charge is -2.16. The molecule has 3 heteroatoms. The molecule has 0 radical (unpaired) electrons. The number of hydrogen-bond acceptors (Lipinski definition) is 1. The molecule has 2 atom stereocenters. The van der Waals surface area contributed by atoms with Gasteiger partial charge in [-0.05, 0) is 6.42 Å². The predicted molar refractivity (Wildman–Crippen MR) is 42.4 cm³/mol. The quantitative estimate of drug-likeness (QED) is 0.665. The highest BCUT2D eigenvalue weighted by atomic mass is 19.1. The van der Waals surface area contributed by atoms with Crippen molar-refractivity contribution in [3.63, 3.8) is 0 Å². The molecule has 0 aromatic heterocycles. The van der Waals surface area contributed by atoms with E-state index < -0.39 is 23.6 Å². The van der Waals surface area contributed by atoms with E-state index in [9.17, 15) is 9.18 Å². The lowest BCUT2D eigenvalue weighted by molar-refractivity contribution is -0.122. The van der Waals surface area contributed by atoms with Crippen LogP contribution >= 0.6 is 0 Å². The summed E-state index contributed by atoms with van der Waals surface area (Å²) < 4.78 is 12.6.